The maximum atomic E-state index is 14.8. The van der Waals surface area contributed by atoms with Gasteiger partial charge in [0, 0.05) is 37.3 Å². The first-order valence-electron chi connectivity index (χ1n) is 13.9. The molecule has 0 atom stereocenters. The number of amides is 3. The van der Waals surface area contributed by atoms with Crippen molar-refractivity contribution in [2.45, 2.75) is 45.1 Å². The van der Waals surface area contributed by atoms with E-state index in [1.54, 1.807) is 24.3 Å². The van der Waals surface area contributed by atoms with E-state index in [9.17, 15) is 18.4 Å². The smallest absolute Gasteiger partial charge is 0.319 e. The molecule has 1 aliphatic rings. The van der Waals surface area contributed by atoms with Crippen LogP contribution in [0.15, 0.2) is 60.7 Å². The third kappa shape index (κ3) is 8.91. The van der Waals surface area contributed by atoms with E-state index in [1.165, 1.54) is 24.3 Å². The molecule has 8 nitrogen and oxygen atoms in total. The van der Waals surface area contributed by atoms with Crippen molar-refractivity contribution in [3.8, 4) is 17.2 Å². The Morgan fingerprint density at radius 3 is 2.02 bits per heavy atom. The van der Waals surface area contributed by atoms with E-state index in [1.807, 2.05) is 0 Å². The second-order valence-electron chi connectivity index (χ2n) is 10.1. The predicted molar refractivity (Wildman–Crippen MR) is 155 cm³/mol. The summed E-state index contributed by atoms with van der Waals surface area (Å²) in [7, 11) is 2.09. The molecule has 1 fully saturated rings. The van der Waals surface area contributed by atoms with Gasteiger partial charge in [0.05, 0.1) is 11.4 Å². The number of halogens is 2. The minimum absolute atomic E-state index is 0.00371. The van der Waals surface area contributed by atoms with Gasteiger partial charge in [-0.05, 0) is 74.8 Å². The lowest BCUT2D eigenvalue weighted by atomic mass is 10.1. The Kier molecular flexibility index (Phi) is 10.5. The number of rotatable bonds is 11. The summed E-state index contributed by atoms with van der Waals surface area (Å²) in [6.45, 7) is 4.54. The molecule has 3 aromatic rings. The number of piperidine rings is 1. The summed E-state index contributed by atoms with van der Waals surface area (Å²) in [6.07, 6.45) is 4.93. The van der Waals surface area contributed by atoms with Crippen molar-refractivity contribution < 1.29 is 27.8 Å². The van der Waals surface area contributed by atoms with Crippen molar-refractivity contribution in [2.24, 2.45) is 0 Å². The molecule has 3 aromatic carbocycles. The Morgan fingerprint density at radius 2 is 1.44 bits per heavy atom. The highest BCUT2D eigenvalue weighted by Crippen LogP contribution is 2.28. The molecule has 218 valence electrons. The summed E-state index contributed by atoms with van der Waals surface area (Å²) in [4.78, 5) is 26.9. The number of urea groups is 1. The second-order valence-corrected chi connectivity index (χ2v) is 10.1. The molecule has 3 N–H and O–H groups in total. The molecule has 0 bridgehead atoms. The lowest BCUT2D eigenvalue weighted by Gasteiger charge is -2.29. The fourth-order valence-corrected chi connectivity index (χ4v) is 4.38. The summed E-state index contributed by atoms with van der Waals surface area (Å²) in [5.41, 5.74) is 0.333. The quantitative estimate of drug-likeness (QED) is 0.222. The SMILES string of the molecule is CCCCCNC(=O)Nc1ccc(Oc2ccc(NC(=O)c3ccc(OC4CCN(C)CC4)cc3)c(F)c2)cc1F. The van der Waals surface area contributed by atoms with Crippen LogP contribution in [-0.2, 0) is 0 Å². The van der Waals surface area contributed by atoms with Gasteiger partial charge in [-0.2, -0.15) is 0 Å². The highest BCUT2D eigenvalue weighted by Gasteiger charge is 2.18. The number of benzene rings is 3. The first-order valence-corrected chi connectivity index (χ1v) is 13.9. The van der Waals surface area contributed by atoms with Gasteiger partial charge in [0.25, 0.3) is 5.91 Å². The molecular formula is C31H36F2N4O4. The van der Waals surface area contributed by atoms with E-state index in [0.717, 1.165) is 57.3 Å². The maximum Gasteiger partial charge on any atom is 0.319 e. The van der Waals surface area contributed by atoms with Crippen LogP contribution in [0.1, 0.15) is 49.4 Å². The van der Waals surface area contributed by atoms with E-state index < -0.39 is 23.6 Å². The Morgan fingerprint density at radius 1 is 0.854 bits per heavy atom. The fourth-order valence-electron chi connectivity index (χ4n) is 4.38. The molecule has 1 heterocycles. The first-order chi connectivity index (χ1) is 19.8. The van der Waals surface area contributed by atoms with Gasteiger partial charge in [-0.3, -0.25) is 4.79 Å². The number of anilines is 2. The zero-order valence-corrected chi connectivity index (χ0v) is 23.3. The minimum atomic E-state index is -0.712. The third-order valence-corrected chi connectivity index (χ3v) is 6.76. The molecule has 41 heavy (non-hydrogen) atoms. The summed E-state index contributed by atoms with van der Waals surface area (Å²) >= 11 is 0. The molecule has 4 rings (SSSR count). The summed E-state index contributed by atoms with van der Waals surface area (Å²) in [5.74, 6) is -0.951. The number of ether oxygens (including phenoxy) is 2. The molecule has 10 heteroatoms. The van der Waals surface area contributed by atoms with Crippen LogP contribution in [-0.4, -0.2) is 49.6 Å². The second kappa shape index (κ2) is 14.5. The Bertz CT molecular complexity index is 1330. The van der Waals surface area contributed by atoms with Gasteiger partial charge in [-0.1, -0.05) is 19.8 Å². The molecule has 0 spiro atoms. The topological polar surface area (TPSA) is 91.9 Å². The fraction of sp³-hybridized carbons (Fsp3) is 0.355. The van der Waals surface area contributed by atoms with Crippen LogP contribution in [0.25, 0.3) is 0 Å². The number of hydrogen-bond acceptors (Lipinski definition) is 5. The minimum Gasteiger partial charge on any atom is -0.490 e. The van der Waals surface area contributed by atoms with Crippen molar-refractivity contribution in [1.82, 2.24) is 10.2 Å². The zero-order chi connectivity index (χ0) is 29.2. The molecule has 0 aliphatic carbocycles. The first kappa shape index (κ1) is 29.8. The van der Waals surface area contributed by atoms with Gasteiger partial charge in [-0.15, -0.1) is 0 Å². The number of hydrogen-bond donors (Lipinski definition) is 3. The van der Waals surface area contributed by atoms with Crippen LogP contribution in [0.2, 0.25) is 0 Å². The summed E-state index contributed by atoms with van der Waals surface area (Å²) in [6, 6.07) is 14.1. The van der Waals surface area contributed by atoms with Gasteiger partial charge in [0.1, 0.15) is 35.0 Å². The molecule has 1 saturated heterocycles. The lowest BCUT2D eigenvalue weighted by Crippen LogP contribution is -2.35. The van der Waals surface area contributed by atoms with Gasteiger partial charge in [-0.25, -0.2) is 13.6 Å². The Balaban J connectivity index is 1.29. The van der Waals surface area contributed by atoms with Gasteiger partial charge >= 0.3 is 6.03 Å². The zero-order valence-electron chi connectivity index (χ0n) is 23.3. The normalized spacial score (nSPS) is 13.9. The summed E-state index contributed by atoms with van der Waals surface area (Å²) < 4.78 is 40.9. The van der Waals surface area contributed by atoms with E-state index in [-0.39, 0.29) is 29.0 Å². The van der Waals surface area contributed by atoms with Crippen LogP contribution in [0.4, 0.5) is 25.0 Å². The lowest BCUT2D eigenvalue weighted by molar-refractivity contribution is 0.102. The third-order valence-electron chi connectivity index (χ3n) is 6.76. The number of nitrogens with zero attached hydrogens (tertiary/aromatic N) is 1. The Labute approximate surface area is 239 Å². The average Bonchev–Trinajstić information content (AvgIpc) is 2.96. The van der Waals surface area contributed by atoms with Crippen molar-refractivity contribution in [1.29, 1.82) is 0 Å². The van der Waals surface area contributed by atoms with Crippen LogP contribution >= 0.6 is 0 Å². The van der Waals surface area contributed by atoms with Crippen molar-refractivity contribution in [2.75, 3.05) is 37.3 Å². The standard InChI is InChI=1S/C31H36F2N4O4/c1-3-4-5-16-34-31(39)36-29-13-11-25(20-27(29)33)41-24-10-12-28(26(32)19-24)35-30(38)21-6-8-22(9-7-21)40-23-14-17-37(2)18-15-23/h6-13,19-20,23H,3-5,14-18H2,1-2H3,(H,35,38)(H2,34,36,39). The van der Waals surface area contributed by atoms with Crippen molar-refractivity contribution in [3.63, 3.8) is 0 Å². The number of carbonyl (C=O) groups is 2. The van der Waals surface area contributed by atoms with Crippen molar-refractivity contribution >= 4 is 23.3 Å². The van der Waals surface area contributed by atoms with Crippen LogP contribution in [0, 0.1) is 11.6 Å². The van der Waals surface area contributed by atoms with E-state index >= 15 is 0 Å². The van der Waals surface area contributed by atoms with Crippen LogP contribution < -0.4 is 25.4 Å². The van der Waals surface area contributed by atoms with Gasteiger partial charge in [0.15, 0.2) is 0 Å². The van der Waals surface area contributed by atoms with E-state index in [4.69, 9.17) is 9.47 Å². The maximum absolute atomic E-state index is 14.8. The molecule has 3 amide bonds. The monoisotopic (exact) mass is 566 g/mol. The largest absolute Gasteiger partial charge is 0.490 e. The highest BCUT2D eigenvalue weighted by molar-refractivity contribution is 6.04. The summed E-state index contributed by atoms with van der Waals surface area (Å²) in [5, 5.41) is 7.69. The molecule has 0 radical (unpaired) electrons. The highest BCUT2D eigenvalue weighted by atomic mass is 19.1. The molecule has 1 aliphatic heterocycles. The number of carbonyl (C=O) groups excluding carboxylic acids is 2. The van der Waals surface area contributed by atoms with E-state index in [0.29, 0.717) is 17.9 Å². The molecule has 0 unspecified atom stereocenters. The number of likely N-dealkylation sites (tertiary alicyclic amines) is 1. The average molecular weight is 567 g/mol. The van der Waals surface area contributed by atoms with E-state index in [2.05, 4.69) is 34.8 Å². The Hall–Kier alpha value is -4.18. The molecule has 0 saturated carbocycles. The molecule has 0 aromatic heterocycles. The van der Waals surface area contributed by atoms with Crippen molar-refractivity contribution in [3.05, 3.63) is 77.9 Å². The van der Waals surface area contributed by atoms with Crippen LogP contribution in [0.5, 0.6) is 17.2 Å². The van der Waals surface area contributed by atoms with Gasteiger partial charge < -0.3 is 30.3 Å². The molecular weight excluding hydrogens is 530 g/mol. The van der Waals surface area contributed by atoms with Crippen LogP contribution in [0.3, 0.4) is 0 Å². The predicted octanol–water partition coefficient (Wildman–Crippen LogP) is 6.79. The number of unbranched alkanes of at least 4 members (excludes halogenated alkanes) is 2. The van der Waals surface area contributed by atoms with Gasteiger partial charge in [0.2, 0.25) is 0 Å². The number of nitrogens with one attached hydrogen (secondary N) is 3.